The summed E-state index contributed by atoms with van der Waals surface area (Å²) in [7, 11) is 0. The third-order valence-electron chi connectivity index (χ3n) is 7.14. The summed E-state index contributed by atoms with van der Waals surface area (Å²) in [6.45, 7) is 2.71. The summed E-state index contributed by atoms with van der Waals surface area (Å²) in [6.07, 6.45) is -1.37. The number of hydrogen-bond acceptors (Lipinski definition) is 6. The number of para-hydroxylation sites is 1. The van der Waals surface area contributed by atoms with Crippen molar-refractivity contribution < 1.29 is 36.2 Å². The predicted octanol–water partition coefficient (Wildman–Crippen LogP) is 5.58. The van der Waals surface area contributed by atoms with Gasteiger partial charge in [0.15, 0.2) is 0 Å². The molecule has 2 saturated heterocycles. The van der Waals surface area contributed by atoms with Gasteiger partial charge in [-0.2, -0.15) is 13.2 Å². The van der Waals surface area contributed by atoms with Gasteiger partial charge in [0.25, 0.3) is 0 Å². The third-order valence-corrected chi connectivity index (χ3v) is 7.14. The van der Waals surface area contributed by atoms with Crippen LogP contribution in [0.3, 0.4) is 0 Å². The van der Waals surface area contributed by atoms with Crippen molar-refractivity contribution in [3.05, 3.63) is 77.0 Å². The maximum atomic E-state index is 14.0. The standard InChI is InChI=1S/C27H26F5N5O3/c1-16-33-14-18(26(10-13-40-26)15-39-22-7-3-6-21(35-22)27(30,31)32)23(34-16)17-8-11-37(12-9-17)25(38)36-24-19(28)4-2-5-20(24)29/h2-7,14,17H,8-13,15H2,1H3,(H,36,38). The minimum Gasteiger partial charge on any atom is -0.474 e. The fourth-order valence-electron chi connectivity index (χ4n) is 4.91. The van der Waals surface area contributed by atoms with Crippen LogP contribution in [0.15, 0.2) is 42.6 Å². The SMILES string of the molecule is Cc1ncc(C2(COc3cccc(C(F)(F)F)n3)CCO2)c(C2CCN(C(=O)Nc3c(F)cccc3F)CC2)n1. The van der Waals surface area contributed by atoms with Crippen LogP contribution < -0.4 is 10.1 Å². The van der Waals surface area contributed by atoms with Gasteiger partial charge in [0, 0.05) is 43.3 Å². The van der Waals surface area contributed by atoms with Crippen LogP contribution in [0.1, 0.15) is 48.0 Å². The van der Waals surface area contributed by atoms with Crippen LogP contribution in [0, 0.1) is 18.6 Å². The first-order chi connectivity index (χ1) is 19.1. The van der Waals surface area contributed by atoms with E-state index in [4.69, 9.17) is 9.47 Å². The molecule has 8 nitrogen and oxygen atoms in total. The van der Waals surface area contributed by atoms with Crippen LogP contribution in [0.2, 0.25) is 0 Å². The molecule has 0 saturated carbocycles. The number of anilines is 1. The lowest BCUT2D eigenvalue weighted by molar-refractivity contribution is -0.174. The summed E-state index contributed by atoms with van der Waals surface area (Å²) < 4.78 is 78.8. The van der Waals surface area contributed by atoms with Gasteiger partial charge in [0.2, 0.25) is 5.88 Å². The Morgan fingerprint density at radius 3 is 2.42 bits per heavy atom. The first-order valence-electron chi connectivity index (χ1n) is 12.7. The summed E-state index contributed by atoms with van der Waals surface area (Å²) in [5.41, 5.74) is -1.12. The number of nitrogens with one attached hydrogen (secondary N) is 1. The fourth-order valence-corrected chi connectivity index (χ4v) is 4.91. The molecule has 2 aliphatic rings. The maximum Gasteiger partial charge on any atom is 0.433 e. The highest BCUT2D eigenvalue weighted by Crippen LogP contribution is 2.42. The first-order valence-corrected chi connectivity index (χ1v) is 12.7. The summed E-state index contributed by atoms with van der Waals surface area (Å²) >= 11 is 0. The van der Waals surface area contributed by atoms with Crippen molar-refractivity contribution in [1.82, 2.24) is 19.9 Å². The lowest BCUT2D eigenvalue weighted by Gasteiger charge is -2.43. The second-order valence-corrected chi connectivity index (χ2v) is 9.74. The number of carbonyl (C=O) groups excluding carboxylic acids is 1. The van der Waals surface area contributed by atoms with Gasteiger partial charge in [-0.3, -0.25) is 0 Å². The molecule has 2 amide bonds. The normalized spacial score (nSPS) is 19.7. The lowest BCUT2D eigenvalue weighted by atomic mass is 9.81. The molecule has 40 heavy (non-hydrogen) atoms. The van der Waals surface area contributed by atoms with E-state index in [0.717, 1.165) is 18.2 Å². The number of alkyl halides is 3. The van der Waals surface area contributed by atoms with E-state index in [-0.39, 0.29) is 18.4 Å². The monoisotopic (exact) mass is 563 g/mol. The topological polar surface area (TPSA) is 89.5 Å². The fraction of sp³-hybridized carbons (Fsp3) is 0.407. The van der Waals surface area contributed by atoms with Crippen molar-refractivity contribution in [2.75, 3.05) is 31.6 Å². The lowest BCUT2D eigenvalue weighted by Crippen LogP contribution is -2.47. The molecule has 1 atom stereocenters. The van der Waals surface area contributed by atoms with E-state index in [0.29, 0.717) is 56.0 Å². The third kappa shape index (κ3) is 5.69. The molecule has 2 aromatic heterocycles. The van der Waals surface area contributed by atoms with Crippen molar-refractivity contribution in [1.29, 1.82) is 0 Å². The molecule has 4 heterocycles. The van der Waals surface area contributed by atoms with Crippen LogP contribution in [0.25, 0.3) is 0 Å². The number of aromatic nitrogens is 3. The van der Waals surface area contributed by atoms with Gasteiger partial charge in [0.05, 0.1) is 12.3 Å². The predicted molar refractivity (Wildman–Crippen MR) is 133 cm³/mol. The van der Waals surface area contributed by atoms with Crippen molar-refractivity contribution in [2.24, 2.45) is 0 Å². The Morgan fingerprint density at radius 1 is 1.12 bits per heavy atom. The summed E-state index contributed by atoms with van der Waals surface area (Å²) in [5, 5.41) is 2.31. The summed E-state index contributed by atoms with van der Waals surface area (Å²) in [6, 6.07) is 6.18. The molecule has 0 aliphatic carbocycles. The van der Waals surface area contributed by atoms with Crippen LogP contribution in [0.5, 0.6) is 5.88 Å². The van der Waals surface area contributed by atoms with Gasteiger partial charge in [-0.25, -0.2) is 28.5 Å². The Balaban J connectivity index is 1.30. The number of pyridine rings is 1. The van der Waals surface area contributed by atoms with Crippen LogP contribution in [-0.4, -0.2) is 52.2 Å². The van der Waals surface area contributed by atoms with Gasteiger partial charge in [-0.05, 0) is 38.0 Å². The average Bonchev–Trinajstić information content (AvgIpc) is 2.90. The van der Waals surface area contributed by atoms with Gasteiger partial charge < -0.3 is 19.7 Å². The maximum absolute atomic E-state index is 14.0. The highest BCUT2D eigenvalue weighted by molar-refractivity contribution is 5.89. The van der Waals surface area contributed by atoms with Crippen molar-refractivity contribution in [3.8, 4) is 5.88 Å². The van der Waals surface area contributed by atoms with Gasteiger partial charge in [-0.1, -0.05) is 12.1 Å². The number of urea groups is 1. The smallest absolute Gasteiger partial charge is 0.433 e. The Labute approximate surface area is 226 Å². The molecule has 0 bridgehead atoms. The molecule has 1 aromatic carbocycles. The molecule has 1 N–H and O–H groups in total. The van der Waals surface area contributed by atoms with E-state index in [1.54, 1.807) is 13.1 Å². The highest BCUT2D eigenvalue weighted by atomic mass is 19.4. The van der Waals surface area contributed by atoms with Gasteiger partial charge >= 0.3 is 12.2 Å². The quantitative estimate of drug-likeness (QED) is 0.394. The average molecular weight is 564 g/mol. The number of amides is 2. The van der Waals surface area contributed by atoms with E-state index in [9.17, 15) is 26.7 Å². The first kappa shape index (κ1) is 27.7. The molecular weight excluding hydrogens is 537 g/mol. The zero-order valence-electron chi connectivity index (χ0n) is 21.5. The highest BCUT2D eigenvalue weighted by Gasteiger charge is 2.45. The second-order valence-electron chi connectivity index (χ2n) is 9.74. The number of rotatable bonds is 6. The van der Waals surface area contributed by atoms with E-state index >= 15 is 0 Å². The van der Waals surface area contributed by atoms with E-state index in [1.807, 2.05) is 0 Å². The number of benzene rings is 1. The molecule has 212 valence electrons. The van der Waals surface area contributed by atoms with Crippen molar-refractivity contribution >= 4 is 11.7 Å². The number of hydrogen-bond donors (Lipinski definition) is 1. The Morgan fingerprint density at radius 2 is 1.80 bits per heavy atom. The van der Waals surface area contributed by atoms with E-state index in [1.165, 1.54) is 23.1 Å². The minimum absolute atomic E-state index is 0.0845. The van der Waals surface area contributed by atoms with Crippen LogP contribution in [-0.2, 0) is 16.5 Å². The molecule has 5 rings (SSSR count). The number of nitrogens with zero attached hydrogens (tertiary/aromatic N) is 4. The second kappa shape index (κ2) is 11.0. The van der Waals surface area contributed by atoms with Crippen molar-refractivity contribution in [2.45, 2.75) is 43.9 Å². The number of likely N-dealkylation sites (tertiary alicyclic amines) is 1. The molecule has 2 fully saturated rings. The van der Waals surface area contributed by atoms with Gasteiger partial charge in [0.1, 0.15) is 41.0 Å². The summed E-state index contributed by atoms with van der Waals surface area (Å²) in [4.78, 5) is 26.8. The molecule has 13 heteroatoms. The van der Waals surface area contributed by atoms with Crippen LogP contribution >= 0.6 is 0 Å². The number of aryl methyl sites for hydroxylation is 1. The number of ether oxygens (including phenoxy) is 2. The molecule has 1 unspecified atom stereocenters. The molecule has 0 spiro atoms. The number of halogens is 5. The Hall–Kier alpha value is -3.87. The molecule has 3 aromatic rings. The molecule has 0 radical (unpaired) electrons. The summed E-state index contributed by atoms with van der Waals surface area (Å²) in [5.74, 6) is -1.46. The van der Waals surface area contributed by atoms with E-state index in [2.05, 4.69) is 20.3 Å². The number of piperidine rings is 1. The number of carbonyl (C=O) groups is 1. The van der Waals surface area contributed by atoms with Crippen LogP contribution in [0.4, 0.5) is 32.4 Å². The largest absolute Gasteiger partial charge is 0.474 e. The Bertz CT molecular complexity index is 1370. The zero-order valence-corrected chi connectivity index (χ0v) is 21.5. The van der Waals surface area contributed by atoms with E-state index < -0.39 is 40.8 Å². The minimum atomic E-state index is -4.60. The van der Waals surface area contributed by atoms with Gasteiger partial charge in [-0.15, -0.1) is 0 Å². The molecule has 2 aliphatic heterocycles. The Kier molecular flexibility index (Phi) is 7.58. The zero-order chi connectivity index (χ0) is 28.5. The van der Waals surface area contributed by atoms with Crippen molar-refractivity contribution in [3.63, 3.8) is 0 Å². The molecular formula is C27H26F5N5O3.